The fourth-order valence-corrected chi connectivity index (χ4v) is 2.69. The number of rotatable bonds is 3. The number of benzene rings is 1. The van der Waals surface area contributed by atoms with Crippen LogP contribution in [0.5, 0.6) is 0 Å². The fourth-order valence-electron chi connectivity index (χ4n) is 2.69. The highest BCUT2D eigenvalue weighted by molar-refractivity contribution is 6.00. The zero-order valence-corrected chi connectivity index (χ0v) is 11.0. The Morgan fingerprint density at radius 1 is 1.45 bits per heavy atom. The molecule has 6 heteroatoms. The number of aromatic carboxylic acids is 1. The van der Waals surface area contributed by atoms with Crippen LogP contribution < -0.4 is 5.69 Å². The molecule has 1 aliphatic rings. The Morgan fingerprint density at radius 2 is 2.30 bits per heavy atom. The van der Waals surface area contributed by atoms with Gasteiger partial charge in [-0.2, -0.15) is 0 Å². The van der Waals surface area contributed by atoms with Gasteiger partial charge in [-0.1, -0.05) is 6.07 Å². The van der Waals surface area contributed by atoms with Crippen molar-refractivity contribution in [3.05, 3.63) is 34.2 Å². The molecule has 0 bridgehead atoms. The molecular weight excluding hydrogens is 260 g/mol. The second-order valence-corrected chi connectivity index (χ2v) is 5.03. The number of carbonyl (C=O) groups is 1. The van der Waals surface area contributed by atoms with Gasteiger partial charge in [0.15, 0.2) is 0 Å². The Hall–Kier alpha value is -2.08. The lowest BCUT2D eigenvalue weighted by Crippen LogP contribution is -2.29. The van der Waals surface area contributed by atoms with Crippen LogP contribution in [0.15, 0.2) is 23.0 Å². The topological polar surface area (TPSA) is 84.3 Å². The number of carboxylic acid groups (broad SMARTS) is 1. The minimum atomic E-state index is -1.04. The van der Waals surface area contributed by atoms with Crippen LogP contribution in [0.3, 0.4) is 0 Å². The first-order valence-electron chi connectivity index (χ1n) is 6.73. The molecule has 2 aromatic rings. The van der Waals surface area contributed by atoms with Crippen LogP contribution in [0.4, 0.5) is 0 Å². The average Bonchev–Trinajstić information content (AvgIpc) is 2.76. The summed E-state index contributed by atoms with van der Waals surface area (Å²) in [6.45, 7) is 1.18. The Balaban J connectivity index is 2.02. The number of fused-ring (bicyclic) bond motifs is 1. The normalized spacial score (nSPS) is 19.3. The van der Waals surface area contributed by atoms with Crippen molar-refractivity contribution in [2.75, 3.05) is 6.61 Å². The van der Waals surface area contributed by atoms with Crippen molar-refractivity contribution in [3.63, 3.8) is 0 Å². The van der Waals surface area contributed by atoms with E-state index in [2.05, 4.69) is 4.98 Å². The van der Waals surface area contributed by atoms with Gasteiger partial charge in [0.05, 0.1) is 29.2 Å². The zero-order chi connectivity index (χ0) is 14.1. The van der Waals surface area contributed by atoms with E-state index in [9.17, 15) is 9.59 Å². The van der Waals surface area contributed by atoms with Crippen molar-refractivity contribution in [3.8, 4) is 0 Å². The molecule has 1 saturated heterocycles. The van der Waals surface area contributed by atoms with Crippen molar-refractivity contribution in [1.82, 2.24) is 9.55 Å². The molecule has 6 nitrogen and oxygen atoms in total. The standard InChI is InChI=1S/C14H16N2O4/c17-13(18)10-5-3-6-11-12(10)15-14(19)16(11)8-9-4-1-2-7-20-9/h3,5-6,9H,1-2,4,7-8H2,(H,15,19)(H,17,18). The molecule has 1 fully saturated rings. The molecule has 0 saturated carbocycles. The smallest absolute Gasteiger partial charge is 0.337 e. The van der Waals surface area contributed by atoms with E-state index in [1.165, 1.54) is 6.07 Å². The van der Waals surface area contributed by atoms with Gasteiger partial charge in [-0.05, 0) is 31.4 Å². The number of H-pyrrole nitrogens is 1. The first-order valence-corrected chi connectivity index (χ1v) is 6.73. The van der Waals surface area contributed by atoms with Crippen LogP contribution >= 0.6 is 0 Å². The van der Waals surface area contributed by atoms with Crippen molar-refractivity contribution in [1.29, 1.82) is 0 Å². The maximum absolute atomic E-state index is 12.0. The number of imidazole rings is 1. The number of hydrogen-bond donors (Lipinski definition) is 2. The third kappa shape index (κ3) is 2.22. The molecule has 2 heterocycles. The van der Waals surface area contributed by atoms with E-state index < -0.39 is 5.97 Å². The summed E-state index contributed by atoms with van der Waals surface area (Å²) in [4.78, 5) is 25.9. The quantitative estimate of drug-likeness (QED) is 0.891. The van der Waals surface area contributed by atoms with Crippen molar-refractivity contribution in [2.24, 2.45) is 0 Å². The Kier molecular flexibility index (Phi) is 3.31. The lowest BCUT2D eigenvalue weighted by atomic mass is 10.1. The SMILES string of the molecule is O=C(O)c1cccc2c1[nH]c(=O)n2CC1CCCCO1. The fraction of sp³-hybridized carbons (Fsp3) is 0.429. The second-order valence-electron chi connectivity index (χ2n) is 5.03. The number of nitrogens with one attached hydrogen (secondary N) is 1. The van der Waals surface area contributed by atoms with Crippen molar-refractivity contribution < 1.29 is 14.6 Å². The van der Waals surface area contributed by atoms with Gasteiger partial charge in [0.1, 0.15) is 0 Å². The minimum Gasteiger partial charge on any atom is -0.478 e. The van der Waals surface area contributed by atoms with Gasteiger partial charge in [0, 0.05) is 6.61 Å². The van der Waals surface area contributed by atoms with Gasteiger partial charge < -0.3 is 14.8 Å². The van der Waals surface area contributed by atoms with Crippen molar-refractivity contribution in [2.45, 2.75) is 31.9 Å². The summed E-state index contributed by atoms with van der Waals surface area (Å²) in [7, 11) is 0. The van der Waals surface area contributed by atoms with Gasteiger partial charge >= 0.3 is 11.7 Å². The van der Waals surface area contributed by atoms with Crippen LogP contribution in [0.25, 0.3) is 11.0 Å². The molecule has 0 spiro atoms. The van der Waals surface area contributed by atoms with Gasteiger partial charge in [0.2, 0.25) is 0 Å². The highest BCUT2D eigenvalue weighted by Gasteiger charge is 2.19. The Bertz CT molecular complexity index is 695. The van der Waals surface area contributed by atoms with E-state index >= 15 is 0 Å². The molecule has 2 N–H and O–H groups in total. The summed E-state index contributed by atoms with van der Waals surface area (Å²) >= 11 is 0. The molecule has 3 rings (SSSR count). The van der Waals surface area contributed by atoms with E-state index in [-0.39, 0.29) is 17.4 Å². The molecule has 0 aliphatic carbocycles. The summed E-state index contributed by atoms with van der Waals surface area (Å²) < 4.78 is 7.21. The lowest BCUT2D eigenvalue weighted by Gasteiger charge is -2.22. The maximum Gasteiger partial charge on any atom is 0.337 e. The summed E-state index contributed by atoms with van der Waals surface area (Å²) in [5, 5.41) is 9.15. The number of hydrogen-bond acceptors (Lipinski definition) is 3. The van der Waals surface area contributed by atoms with E-state index in [1.807, 2.05) is 0 Å². The van der Waals surface area contributed by atoms with Gasteiger partial charge in [-0.15, -0.1) is 0 Å². The zero-order valence-electron chi connectivity index (χ0n) is 11.0. The monoisotopic (exact) mass is 276 g/mol. The minimum absolute atomic E-state index is 0.0222. The first kappa shape index (κ1) is 12.9. The molecule has 0 amide bonds. The van der Waals surface area contributed by atoms with Crippen LogP contribution in [-0.4, -0.2) is 33.3 Å². The molecule has 1 aliphatic heterocycles. The van der Waals surface area contributed by atoms with Crippen LogP contribution in [0.2, 0.25) is 0 Å². The lowest BCUT2D eigenvalue weighted by molar-refractivity contribution is 0.00613. The average molecular weight is 276 g/mol. The molecule has 0 radical (unpaired) electrons. The molecule has 20 heavy (non-hydrogen) atoms. The molecule has 1 unspecified atom stereocenters. The van der Waals surface area contributed by atoms with Crippen molar-refractivity contribution >= 4 is 17.0 Å². The summed E-state index contributed by atoms with van der Waals surface area (Å²) in [5.74, 6) is -1.04. The van der Waals surface area contributed by atoms with E-state index in [1.54, 1.807) is 16.7 Å². The number of ether oxygens (including phenoxy) is 1. The summed E-state index contributed by atoms with van der Waals surface area (Å²) in [6.07, 6.45) is 3.11. The number of carboxylic acids is 1. The van der Waals surface area contributed by atoms with Crippen LogP contribution in [0.1, 0.15) is 29.6 Å². The number of para-hydroxylation sites is 1. The highest BCUT2D eigenvalue weighted by Crippen LogP contribution is 2.19. The summed E-state index contributed by atoms with van der Waals surface area (Å²) in [6, 6.07) is 4.89. The first-order chi connectivity index (χ1) is 9.66. The molecule has 1 aromatic carbocycles. The van der Waals surface area contributed by atoms with Gasteiger partial charge in [0.25, 0.3) is 0 Å². The Labute approximate surface area is 115 Å². The number of aromatic amines is 1. The summed E-state index contributed by atoms with van der Waals surface area (Å²) in [5.41, 5.74) is 0.815. The van der Waals surface area contributed by atoms with E-state index in [0.717, 1.165) is 25.9 Å². The largest absolute Gasteiger partial charge is 0.478 e. The molecule has 1 aromatic heterocycles. The number of nitrogens with zero attached hydrogens (tertiary/aromatic N) is 1. The van der Waals surface area contributed by atoms with Gasteiger partial charge in [-0.25, -0.2) is 9.59 Å². The highest BCUT2D eigenvalue weighted by atomic mass is 16.5. The third-order valence-corrected chi connectivity index (χ3v) is 3.70. The van der Waals surface area contributed by atoms with Crippen LogP contribution in [-0.2, 0) is 11.3 Å². The molecule has 1 atom stereocenters. The van der Waals surface area contributed by atoms with Crippen LogP contribution in [0, 0.1) is 0 Å². The maximum atomic E-state index is 12.0. The molecule has 106 valence electrons. The number of aromatic nitrogens is 2. The van der Waals surface area contributed by atoms with Gasteiger partial charge in [-0.3, -0.25) is 4.57 Å². The Morgan fingerprint density at radius 3 is 3.00 bits per heavy atom. The second kappa shape index (κ2) is 5.13. The third-order valence-electron chi connectivity index (χ3n) is 3.70. The molecular formula is C14H16N2O4. The van der Waals surface area contributed by atoms with E-state index in [0.29, 0.717) is 17.6 Å². The predicted octanol–water partition coefficient (Wildman–Crippen LogP) is 1.60. The van der Waals surface area contributed by atoms with E-state index in [4.69, 9.17) is 9.84 Å². The predicted molar refractivity (Wildman–Crippen MR) is 73.1 cm³/mol.